The van der Waals surface area contributed by atoms with E-state index in [0.29, 0.717) is 24.5 Å². The van der Waals surface area contributed by atoms with E-state index in [1.807, 2.05) is 25.1 Å². The molecule has 2 heterocycles. The van der Waals surface area contributed by atoms with E-state index in [9.17, 15) is 28.7 Å². The number of β-amino-alcohol motifs (C(OH)–C–C–N with tert-alkyl or cyclic N) is 1. The number of hydrogen-bond donors (Lipinski definition) is 4. The number of carboxylic acid groups (broad SMARTS) is 1. The quantitative estimate of drug-likeness (QED) is 0.156. The molecule has 0 bridgehead atoms. The number of nitrogens with one attached hydrogen (secondary N) is 2. The summed E-state index contributed by atoms with van der Waals surface area (Å²) in [5.74, 6) is -2.41. The van der Waals surface area contributed by atoms with Crippen LogP contribution in [-0.2, 0) is 39.9 Å². The lowest BCUT2D eigenvalue weighted by Crippen LogP contribution is -2.59. The molecule has 2 fully saturated rings. The van der Waals surface area contributed by atoms with Crippen LogP contribution >= 0.6 is 11.3 Å². The van der Waals surface area contributed by atoms with Gasteiger partial charge in [0.1, 0.15) is 31.0 Å². The van der Waals surface area contributed by atoms with Crippen molar-refractivity contribution in [1.29, 1.82) is 0 Å². The summed E-state index contributed by atoms with van der Waals surface area (Å²) in [6.45, 7) is 8.18. The van der Waals surface area contributed by atoms with Crippen molar-refractivity contribution in [2.75, 3.05) is 52.8 Å². The lowest BCUT2D eigenvalue weighted by molar-refractivity contribution is -0.145. The van der Waals surface area contributed by atoms with Crippen LogP contribution in [0.25, 0.3) is 10.4 Å². The maximum Gasteiger partial charge on any atom is 0.329 e. The number of alkyl halides is 1. The second-order valence-corrected chi connectivity index (χ2v) is 14.3. The molecule has 2 aliphatic rings. The molecule has 1 saturated carbocycles. The number of aliphatic hydroxyl groups is 1. The van der Waals surface area contributed by atoms with E-state index >= 15 is 0 Å². The summed E-state index contributed by atoms with van der Waals surface area (Å²) < 4.78 is 36.4. The van der Waals surface area contributed by atoms with Crippen LogP contribution < -0.4 is 15.4 Å². The predicted octanol–water partition coefficient (Wildman–Crippen LogP) is 2.24. The highest BCUT2D eigenvalue weighted by Gasteiger charge is 2.53. The fourth-order valence-corrected chi connectivity index (χ4v) is 6.19. The number of aliphatic carboxylic acids is 1. The van der Waals surface area contributed by atoms with E-state index in [2.05, 4.69) is 15.6 Å². The number of rotatable bonds is 19. The predicted molar refractivity (Wildman–Crippen MR) is 180 cm³/mol. The van der Waals surface area contributed by atoms with E-state index < -0.39 is 53.0 Å². The van der Waals surface area contributed by atoms with Crippen LogP contribution in [0.15, 0.2) is 23.7 Å². The molecule has 0 radical (unpaired) electrons. The number of carbonyl (C=O) groups is 4. The maximum absolute atomic E-state index is 14.5. The third kappa shape index (κ3) is 10.9. The summed E-state index contributed by atoms with van der Waals surface area (Å²) in [4.78, 5) is 56.9. The molecule has 4 N–H and O–H groups in total. The third-order valence-electron chi connectivity index (χ3n) is 8.33. The minimum Gasteiger partial charge on any atom is -0.491 e. The topological polar surface area (TPSA) is 186 Å². The van der Waals surface area contributed by atoms with Crippen molar-refractivity contribution < 1.29 is 52.7 Å². The molecule has 276 valence electrons. The van der Waals surface area contributed by atoms with Gasteiger partial charge in [-0.25, -0.2) is 14.2 Å². The van der Waals surface area contributed by atoms with Crippen molar-refractivity contribution in [2.45, 2.75) is 77.4 Å². The molecule has 0 unspecified atom stereocenters. The van der Waals surface area contributed by atoms with Gasteiger partial charge < -0.3 is 44.7 Å². The number of amides is 3. The Morgan fingerprint density at radius 2 is 1.74 bits per heavy atom. The van der Waals surface area contributed by atoms with Crippen molar-refractivity contribution in [1.82, 2.24) is 20.5 Å². The largest absolute Gasteiger partial charge is 0.491 e. The number of carboxylic acids is 1. The second kappa shape index (κ2) is 17.5. The number of aryl methyl sites for hydroxylation is 1. The van der Waals surface area contributed by atoms with Crippen LogP contribution in [0.1, 0.15) is 51.3 Å². The molecule has 14 nitrogen and oxygen atoms in total. The molecule has 1 aliphatic heterocycles. The van der Waals surface area contributed by atoms with Gasteiger partial charge in [-0.05, 0) is 36.8 Å². The van der Waals surface area contributed by atoms with Crippen molar-refractivity contribution in [3.63, 3.8) is 0 Å². The summed E-state index contributed by atoms with van der Waals surface area (Å²) in [7, 11) is 0. The molecule has 50 heavy (non-hydrogen) atoms. The number of nitrogens with zero attached hydrogens (tertiary/aromatic N) is 2. The smallest absolute Gasteiger partial charge is 0.329 e. The average Bonchev–Trinajstić information content (AvgIpc) is 3.47. The van der Waals surface area contributed by atoms with Gasteiger partial charge in [0.25, 0.3) is 5.91 Å². The van der Waals surface area contributed by atoms with Crippen molar-refractivity contribution >= 4 is 35.0 Å². The molecule has 1 saturated heterocycles. The first-order chi connectivity index (χ1) is 23.7. The monoisotopic (exact) mass is 722 g/mol. The number of ether oxygens (including phenoxy) is 4. The van der Waals surface area contributed by atoms with Crippen LogP contribution in [-0.4, -0.2) is 120 Å². The Hall–Kier alpha value is -3.70. The average molecular weight is 723 g/mol. The van der Waals surface area contributed by atoms with Gasteiger partial charge in [-0.2, -0.15) is 0 Å². The second-order valence-electron chi connectivity index (χ2n) is 13.5. The standard InChI is InChI=1S/C34H47FN4O10S/c1-21-28(50-20-37-21)22-5-6-23(26(15-22)49-14-13-47-10-9-46-11-12-48-19-27(41)42)17-36-30(43)25-16-24(40)18-39(25)31(44)29(33(2,3)4)38-32(45)34(35)7-8-34/h5-6,15,20,24-25,29,40H,7-14,16-19H2,1-4H3,(H,36,43)(H,38,45)(H,41,42)/t24-,25+,29-/m1/s1. The molecular weight excluding hydrogens is 675 g/mol. The number of thiazole rings is 1. The van der Waals surface area contributed by atoms with Gasteiger partial charge >= 0.3 is 5.97 Å². The lowest BCUT2D eigenvalue weighted by Gasteiger charge is -2.35. The fourth-order valence-electron chi connectivity index (χ4n) is 5.38. The highest BCUT2D eigenvalue weighted by Crippen LogP contribution is 2.40. The highest BCUT2D eigenvalue weighted by molar-refractivity contribution is 7.13. The van der Waals surface area contributed by atoms with Crippen LogP contribution in [0, 0.1) is 12.3 Å². The molecule has 1 aromatic heterocycles. The maximum atomic E-state index is 14.5. The fraction of sp³-hybridized carbons (Fsp3) is 0.618. The van der Waals surface area contributed by atoms with Crippen molar-refractivity contribution in [3.05, 3.63) is 35.0 Å². The first kappa shape index (κ1) is 39.1. The zero-order chi connectivity index (χ0) is 36.5. The number of hydrogen-bond acceptors (Lipinski definition) is 11. The van der Waals surface area contributed by atoms with E-state index in [-0.39, 0.29) is 65.4 Å². The summed E-state index contributed by atoms with van der Waals surface area (Å²) >= 11 is 1.49. The van der Waals surface area contributed by atoms with Crippen LogP contribution in [0.3, 0.4) is 0 Å². The number of carbonyl (C=O) groups excluding carboxylic acids is 3. The highest BCUT2D eigenvalue weighted by atomic mass is 32.1. The van der Waals surface area contributed by atoms with Gasteiger partial charge in [-0.3, -0.25) is 14.4 Å². The number of aliphatic hydroxyl groups excluding tert-OH is 1. The van der Waals surface area contributed by atoms with Crippen molar-refractivity contribution in [2.24, 2.45) is 5.41 Å². The van der Waals surface area contributed by atoms with E-state index in [1.54, 1.807) is 26.3 Å². The summed E-state index contributed by atoms with van der Waals surface area (Å²) in [5.41, 5.74) is 1.43. The number of halogens is 1. The summed E-state index contributed by atoms with van der Waals surface area (Å²) in [6.07, 6.45) is -0.729. The van der Waals surface area contributed by atoms with Crippen LogP contribution in [0.2, 0.25) is 0 Å². The Kier molecular flexibility index (Phi) is 13.7. The normalized spacial score (nSPS) is 18.8. The van der Waals surface area contributed by atoms with Gasteiger partial charge in [0.05, 0.1) is 55.2 Å². The summed E-state index contributed by atoms with van der Waals surface area (Å²) in [6, 6.07) is 3.52. The number of likely N-dealkylation sites (tertiary alicyclic amines) is 1. The lowest BCUT2D eigenvalue weighted by atomic mass is 9.85. The molecule has 1 aromatic carbocycles. The number of aromatic nitrogens is 1. The Balaban J connectivity index is 1.36. The Morgan fingerprint density at radius 3 is 2.34 bits per heavy atom. The van der Waals surface area contributed by atoms with Crippen LogP contribution in [0.4, 0.5) is 4.39 Å². The van der Waals surface area contributed by atoms with E-state index in [0.717, 1.165) is 16.1 Å². The van der Waals surface area contributed by atoms with Gasteiger partial charge in [-0.1, -0.05) is 32.9 Å². The molecule has 3 amide bonds. The Morgan fingerprint density at radius 1 is 1.08 bits per heavy atom. The molecular formula is C34H47FN4O10S. The first-order valence-electron chi connectivity index (χ1n) is 16.6. The van der Waals surface area contributed by atoms with E-state index in [4.69, 9.17) is 24.1 Å². The molecule has 2 aromatic rings. The minimum absolute atomic E-state index is 0.0127. The van der Waals surface area contributed by atoms with Gasteiger partial charge in [-0.15, -0.1) is 11.3 Å². The minimum atomic E-state index is -1.97. The van der Waals surface area contributed by atoms with Crippen molar-refractivity contribution in [3.8, 4) is 16.2 Å². The Bertz CT molecular complexity index is 1490. The Labute approximate surface area is 294 Å². The molecule has 3 atom stereocenters. The summed E-state index contributed by atoms with van der Waals surface area (Å²) in [5, 5.41) is 24.5. The zero-order valence-corrected chi connectivity index (χ0v) is 29.7. The first-order valence-corrected chi connectivity index (χ1v) is 17.4. The van der Waals surface area contributed by atoms with Gasteiger partial charge in [0.15, 0.2) is 5.67 Å². The SMILES string of the molecule is Cc1ncsc1-c1ccc(CNC(=O)[C@@H]2C[C@@H](O)CN2C(=O)[C@@H](NC(=O)C2(F)CC2)C(C)(C)C)c(OCCOCCOCCOCC(=O)O)c1. The third-order valence-corrected chi connectivity index (χ3v) is 9.31. The molecule has 16 heteroatoms. The van der Waals surface area contributed by atoms with E-state index in [1.165, 1.54) is 16.2 Å². The zero-order valence-electron chi connectivity index (χ0n) is 28.9. The molecule has 0 spiro atoms. The van der Waals surface area contributed by atoms with Gasteiger partial charge in [0, 0.05) is 25.1 Å². The molecule has 4 rings (SSSR count). The van der Waals surface area contributed by atoms with Crippen LogP contribution in [0.5, 0.6) is 5.75 Å². The molecule has 1 aliphatic carbocycles. The van der Waals surface area contributed by atoms with Gasteiger partial charge in [0.2, 0.25) is 11.8 Å². The number of benzene rings is 1.